The molecule has 2 atom stereocenters. The predicted octanol–water partition coefficient (Wildman–Crippen LogP) is 2.02. The molecule has 1 aromatic carbocycles. The van der Waals surface area contributed by atoms with Crippen LogP contribution in [-0.4, -0.2) is 64.3 Å². The molecule has 2 aliphatic rings. The van der Waals surface area contributed by atoms with E-state index < -0.39 is 0 Å². The average Bonchev–Trinajstić information content (AvgIpc) is 3.29. The van der Waals surface area contributed by atoms with Gasteiger partial charge in [0.15, 0.2) is 0 Å². The first-order chi connectivity index (χ1) is 13.5. The van der Waals surface area contributed by atoms with Crippen LogP contribution in [0.4, 0.5) is 0 Å². The van der Waals surface area contributed by atoms with E-state index in [1.807, 2.05) is 23.1 Å². The number of rotatable bonds is 4. The summed E-state index contributed by atoms with van der Waals surface area (Å²) in [6, 6.07) is 6.45. The molecule has 0 spiro atoms. The number of carboxylic acid groups (broad SMARTS) is 1. The molecule has 0 bridgehead atoms. The van der Waals surface area contributed by atoms with Gasteiger partial charge in [-0.3, -0.25) is 9.69 Å². The summed E-state index contributed by atoms with van der Waals surface area (Å²) in [5.74, 6) is 0.533. The molecule has 1 aromatic heterocycles. The Morgan fingerprint density at radius 2 is 2.18 bits per heavy atom. The molecule has 0 aliphatic carbocycles. The van der Waals surface area contributed by atoms with Crippen molar-refractivity contribution in [3.05, 3.63) is 47.3 Å². The quantitative estimate of drug-likeness (QED) is 0.781. The van der Waals surface area contributed by atoms with Crippen molar-refractivity contribution < 1.29 is 19.7 Å². The lowest BCUT2D eigenvalue weighted by molar-refractivity contribution is -0.122. The zero-order valence-corrected chi connectivity index (χ0v) is 16.5. The van der Waals surface area contributed by atoms with Crippen LogP contribution < -0.4 is 0 Å². The molecule has 2 saturated heterocycles. The van der Waals surface area contributed by atoms with Gasteiger partial charge in [0.05, 0.1) is 18.9 Å². The third-order valence-electron chi connectivity index (χ3n) is 5.85. The van der Waals surface area contributed by atoms with E-state index in [9.17, 15) is 5.11 Å². The van der Waals surface area contributed by atoms with Crippen molar-refractivity contribution in [2.75, 3.05) is 32.9 Å². The number of ether oxygens (including phenoxy) is 1. The summed E-state index contributed by atoms with van der Waals surface area (Å²) in [7, 11) is 0. The molecular weight excluding hydrogens is 358 g/mol. The second-order valence-electron chi connectivity index (χ2n) is 7.87. The van der Waals surface area contributed by atoms with Crippen LogP contribution in [-0.2, 0) is 16.1 Å². The van der Waals surface area contributed by atoms with E-state index in [0.717, 1.165) is 32.7 Å². The number of carbonyl (C=O) groups is 1. The standard InChI is InChI=1S/C20H27N3O2.CH2O2/c1-15-8-16(2)19(23-6-3-5-21-23)17(9-15)10-22-11-18-4-7-25-14-20(18,12-22)13-24;2-1-3/h3,5-6,8-9,18,24H,4,7,10-14H2,1-2H3;1H,(H,2,3)/t18-,20+;/m0./s1. The van der Waals surface area contributed by atoms with Gasteiger partial charge in [-0.05, 0) is 43.4 Å². The lowest BCUT2D eigenvalue weighted by Gasteiger charge is -2.36. The molecule has 152 valence electrons. The Kier molecular flexibility index (Phi) is 6.49. The fourth-order valence-electron chi connectivity index (χ4n) is 4.69. The fourth-order valence-corrected chi connectivity index (χ4v) is 4.69. The zero-order valence-electron chi connectivity index (χ0n) is 16.5. The molecule has 0 radical (unpaired) electrons. The van der Waals surface area contributed by atoms with Gasteiger partial charge in [-0.2, -0.15) is 5.10 Å². The van der Waals surface area contributed by atoms with Crippen LogP contribution in [0.1, 0.15) is 23.1 Å². The smallest absolute Gasteiger partial charge is 0.290 e. The molecule has 2 aromatic rings. The van der Waals surface area contributed by atoms with Crippen molar-refractivity contribution in [2.24, 2.45) is 11.3 Å². The van der Waals surface area contributed by atoms with Crippen molar-refractivity contribution in [1.29, 1.82) is 0 Å². The number of aryl methyl sites for hydroxylation is 2. The van der Waals surface area contributed by atoms with Gasteiger partial charge in [0.1, 0.15) is 0 Å². The predicted molar refractivity (Wildman–Crippen MR) is 105 cm³/mol. The van der Waals surface area contributed by atoms with Gasteiger partial charge in [-0.25, -0.2) is 4.68 Å². The topological polar surface area (TPSA) is 87.8 Å². The van der Waals surface area contributed by atoms with E-state index in [-0.39, 0.29) is 18.5 Å². The highest BCUT2D eigenvalue weighted by Gasteiger charge is 2.48. The molecule has 3 heterocycles. The maximum atomic E-state index is 10.0. The minimum absolute atomic E-state index is 0.0804. The highest BCUT2D eigenvalue weighted by atomic mass is 16.5. The first-order valence-electron chi connectivity index (χ1n) is 9.62. The fraction of sp³-hybridized carbons (Fsp3) is 0.524. The van der Waals surface area contributed by atoms with Crippen molar-refractivity contribution in [3.63, 3.8) is 0 Å². The SMILES string of the molecule is Cc1cc(C)c(-n2cccn2)c(CN2C[C@@H]3CCOC[C@]3(CO)C2)c1.O=CO. The van der Waals surface area contributed by atoms with E-state index >= 15 is 0 Å². The highest BCUT2D eigenvalue weighted by molar-refractivity contribution is 5.49. The Hall–Kier alpha value is -2.22. The number of fused-ring (bicyclic) bond motifs is 1. The number of likely N-dealkylation sites (tertiary alicyclic amines) is 1. The van der Waals surface area contributed by atoms with Crippen LogP contribution in [0.3, 0.4) is 0 Å². The maximum Gasteiger partial charge on any atom is 0.290 e. The van der Waals surface area contributed by atoms with Gasteiger partial charge >= 0.3 is 0 Å². The molecule has 7 nitrogen and oxygen atoms in total. The van der Waals surface area contributed by atoms with Gasteiger partial charge in [0.2, 0.25) is 0 Å². The molecule has 7 heteroatoms. The van der Waals surface area contributed by atoms with Crippen molar-refractivity contribution >= 4 is 6.47 Å². The molecule has 4 rings (SSSR count). The summed E-state index contributed by atoms with van der Waals surface area (Å²) < 4.78 is 7.67. The van der Waals surface area contributed by atoms with E-state index in [1.54, 1.807) is 0 Å². The van der Waals surface area contributed by atoms with Crippen LogP contribution in [0.25, 0.3) is 5.69 Å². The molecular formula is C21H29N3O4. The third kappa shape index (κ3) is 4.11. The van der Waals surface area contributed by atoms with Crippen LogP contribution >= 0.6 is 0 Å². The Bertz CT molecular complexity index is 793. The normalized spacial score (nSPS) is 24.3. The number of hydrogen-bond acceptors (Lipinski definition) is 5. The molecule has 28 heavy (non-hydrogen) atoms. The Morgan fingerprint density at radius 3 is 2.82 bits per heavy atom. The minimum Gasteiger partial charge on any atom is -0.483 e. The third-order valence-corrected chi connectivity index (χ3v) is 5.85. The van der Waals surface area contributed by atoms with E-state index in [1.165, 1.54) is 22.4 Å². The largest absolute Gasteiger partial charge is 0.483 e. The van der Waals surface area contributed by atoms with Crippen LogP contribution in [0.15, 0.2) is 30.6 Å². The van der Waals surface area contributed by atoms with Crippen LogP contribution in [0.5, 0.6) is 0 Å². The molecule has 0 saturated carbocycles. The number of aliphatic hydroxyl groups excluding tert-OH is 1. The van der Waals surface area contributed by atoms with Gasteiger partial charge in [-0.1, -0.05) is 17.7 Å². The summed E-state index contributed by atoms with van der Waals surface area (Å²) in [5, 5.41) is 21.3. The van der Waals surface area contributed by atoms with Crippen molar-refractivity contribution in [1.82, 2.24) is 14.7 Å². The summed E-state index contributed by atoms with van der Waals surface area (Å²) in [4.78, 5) is 10.8. The highest BCUT2D eigenvalue weighted by Crippen LogP contribution is 2.41. The van der Waals surface area contributed by atoms with Crippen molar-refractivity contribution in [3.8, 4) is 5.69 Å². The molecule has 2 fully saturated rings. The van der Waals surface area contributed by atoms with Gasteiger partial charge in [-0.15, -0.1) is 0 Å². The van der Waals surface area contributed by atoms with Gasteiger partial charge in [0, 0.05) is 44.0 Å². The summed E-state index contributed by atoms with van der Waals surface area (Å²) in [5.41, 5.74) is 4.92. The number of benzene rings is 1. The second kappa shape index (κ2) is 8.86. The van der Waals surface area contributed by atoms with E-state index in [0.29, 0.717) is 12.5 Å². The monoisotopic (exact) mass is 387 g/mol. The molecule has 2 aliphatic heterocycles. The summed E-state index contributed by atoms with van der Waals surface area (Å²) in [6.07, 6.45) is 4.88. The number of nitrogens with zero attached hydrogens (tertiary/aromatic N) is 3. The second-order valence-corrected chi connectivity index (χ2v) is 7.87. The van der Waals surface area contributed by atoms with Crippen LogP contribution in [0.2, 0.25) is 0 Å². The van der Waals surface area contributed by atoms with Crippen LogP contribution in [0, 0.1) is 25.2 Å². The van der Waals surface area contributed by atoms with E-state index in [4.69, 9.17) is 14.6 Å². The van der Waals surface area contributed by atoms with Crippen molar-refractivity contribution in [2.45, 2.75) is 26.8 Å². The maximum absolute atomic E-state index is 10.0. The average molecular weight is 387 g/mol. The minimum atomic E-state index is -0.250. The summed E-state index contributed by atoms with van der Waals surface area (Å²) in [6.45, 7) is 8.60. The zero-order chi connectivity index (χ0) is 20.1. The molecule has 2 N–H and O–H groups in total. The Labute approximate surface area is 165 Å². The first-order valence-corrected chi connectivity index (χ1v) is 9.62. The molecule has 0 amide bonds. The summed E-state index contributed by atoms with van der Waals surface area (Å²) >= 11 is 0. The molecule has 0 unspecified atom stereocenters. The number of aliphatic hydroxyl groups is 1. The lowest BCUT2D eigenvalue weighted by atomic mass is 9.76. The van der Waals surface area contributed by atoms with Gasteiger partial charge in [0.25, 0.3) is 6.47 Å². The number of hydrogen-bond donors (Lipinski definition) is 2. The first kappa shape index (κ1) is 20.5. The number of aromatic nitrogens is 2. The Balaban J connectivity index is 0.000000706. The Morgan fingerprint density at radius 1 is 1.39 bits per heavy atom. The van der Waals surface area contributed by atoms with E-state index in [2.05, 4.69) is 36.0 Å². The lowest BCUT2D eigenvalue weighted by Crippen LogP contribution is -2.42. The van der Waals surface area contributed by atoms with Gasteiger partial charge < -0.3 is 14.9 Å².